The van der Waals surface area contributed by atoms with Gasteiger partial charge in [-0.25, -0.2) is 9.37 Å². The van der Waals surface area contributed by atoms with Gasteiger partial charge in [0.2, 0.25) is 5.88 Å². The molecule has 2 aliphatic carbocycles. The second-order valence-electron chi connectivity index (χ2n) is 9.88. The summed E-state index contributed by atoms with van der Waals surface area (Å²) in [5, 5.41) is 18.5. The molecular weight excluding hydrogens is 501 g/mol. The molecule has 2 heterocycles. The number of rotatable bonds is 7. The van der Waals surface area contributed by atoms with Gasteiger partial charge >= 0.3 is 0 Å². The largest absolute Gasteiger partial charge is 0.469 e. The van der Waals surface area contributed by atoms with Crippen LogP contribution in [0.25, 0.3) is 5.57 Å². The Labute approximate surface area is 217 Å². The highest BCUT2D eigenvalue weighted by Gasteiger charge is 2.49. The molecule has 3 aromatic rings. The topological polar surface area (TPSA) is 111 Å². The zero-order valence-corrected chi connectivity index (χ0v) is 21.4. The van der Waals surface area contributed by atoms with Gasteiger partial charge in [0, 0.05) is 25.8 Å². The Kier molecular flexibility index (Phi) is 6.41. The van der Waals surface area contributed by atoms with Crippen molar-refractivity contribution >= 4 is 34.6 Å². The van der Waals surface area contributed by atoms with E-state index >= 15 is 0 Å². The lowest BCUT2D eigenvalue weighted by molar-refractivity contribution is -0.119. The van der Waals surface area contributed by atoms with Crippen LogP contribution in [0.15, 0.2) is 36.7 Å². The SMILES string of the molecule is CC(=O)COc1cc([C@]2(O)C[C@H]3CC(c4ncn(C)c4C(=O)Nc4ccc(F)c(Cl)c4)=C[C@H]3C2)n(C)n1. The van der Waals surface area contributed by atoms with Crippen molar-refractivity contribution in [3.8, 4) is 5.88 Å². The molecular formula is C26H27ClFN5O4. The average Bonchev–Trinajstić information content (AvgIpc) is 3.56. The molecule has 0 bridgehead atoms. The molecule has 37 heavy (non-hydrogen) atoms. The van der Waals surface area contributed by atoms with E-state index in [-0.39, 0.29) is 35.2 Å². The van der Waals surface area contributed by atoms with Crippen molar-refractivity contribution < 1.29 is 23.8 Å². The highest BCUT2D eigenvalue weighted by atomic mass is 35.5. The Morgan fingerprint density at radius 3 is 2.78 bits per heavy atom. The number of imidazole rings is 1. The molecule has 0 radical (unpaired) electrons. The van der Waals surface area contributed by atoms with Gasteiger partial charge in [0.05, 0.1) is 22.7 Å². The highest BCUT2D eigenvalue weighted by molar-refractivity contribution is 6.31. The lowest BCUT2D eigenvalue weighted by Crippen LogP contribution is -2.25. The van der Waals surface area contributed by atoms with Gasteiger partial charge in [-0.3, -0.25) is 14.3 Å². The normalized spacial score (nSPS) is 22.6. The van der Waals surface area contributed by atoms with Gasteiger partial charge in [-0.05, 0) is 61.8 Å². The number of ether oxygens (including phenoxy) is 1. The van der Waals surface area contributed by atoms with Crippen molar-refractivity contribution in [1.82, 2.24) is 19.3 Å². The van der Waals surface area contributed by atoms with E-state index in [1.54, 1.807) is 35.7 Å². The molecule has 2 aromatic heterocycles. The molecule has 1 fully saturated rings. The molecule has 0 saturated heterocycles. The first kappa shape index (κ1) is 25.2. The predicted octanol–water partition coefficient (Wildman–Crippen LogP) is 3.87. The minimum Gasteiger partial charge on any atom is -0.469 e. The number of carbonyl (C=O) groups is 2. The van der Waals surface area contributed by atoms with Crippen molar-refractivity contribution in [3.63, 3.8) is 0 Å². The van der Waals surface area contributed by atoms with Crippen LogP contribution in [0.3, 0.4) is 0 Å². The van der Waals surface area contributed by atoms with E-state index in [2.05, 4.69) is 21.5 Å². The molecule has 1 amide bonds. The number of allylic oxidation sites excluding steroid dienone is 2. The van der Waals surface area contributed by atoms with Crippen LogP contribution in [0, 0.1) is 17.7 Å². The van der Waals surface area contributed by atoms with Crippen molar-refractivity contribution in [1.29, 1.82) is 0 Å². The lowest BCUT2D eigenvalue weighted by Gasteiger charge is -2.23. The van der Waals surface area contributed by atoms with E-state index in [0.29, 0.717) is 47.9 Å². The summed E-state index contributed by atoms with van der Waals surface area (Å²) in [6, 6.07) is 5.70. The van der Waals surface area contributed by atoms with E-state index < -0.39 is 11.4 Å². The van der Waals surface area contributed by atoms with Gasteiger partial charge in [-0.15, -0.1) is 5.10 Å². The third-order valence-electron chi connectivity index (χ3n) is 7.07. The number of aryl methyl sites for hydroxylation is 2. The number of hydrogen-bond acceptors (Lipinski definition) is 6. The summed E-state index contributed by atoms with van der Waals surface area (Å²) in [4.78, 5) is 28.8. The second-order valence-corrected chi connectivity index (χ2v) is 10.3. The summed E-state index contributed by atoms with van der Waals surface area (Å²) in [5.41, 5.74) is 1.88. The Balaban J connectivity index is 1.34. The minimum absolute atomic E-state index is 0.0690. The van der Waals surface area contributed by atoms with Crippen LogP contribution >= 0.6 is 11.6 Å². The first-order chi connectivity index (χ1) is 17.5. The molecule has 0 unspecified atom stereocenters. The van der Waals surface area contributed by atoms with Crippen LogP contribution in [-0.4, -0.2) is 42.7 Å². The van der Waals surface area contributed by atoms with Crippen molar-refractivity contribution in [2.45, 2.75) is 31.8 Å². The fourth-order valence-corrected chi connectivity index (χ4v) is 5.64. The molecule has 194 valence electrons. The van der Waals surface area contributed by atoms with Crippen molar-refractivity contribution in [2.75, 3.05) is 11.9 Å². The summed E-state index contributed by atoms with van der Waals surface area (Å²) < 4.78 is 22.2. The first-order valence-corrected chi connectivity index (χ1v) is 12.3. The van der Waals surface area contributed by atoms with Gasteiger partial charge in [0.1, 0.15) is 23.7 Å². The summed E-state index contributed by atoms with van der Waals surface area (Å²) in [7, 11) is 3.49. The van der Waals surface area contributed by atoms with Gasteiger partial charge in [0.25, 0.3) is 5.91 Å². The quantitative estimate of drug-likeness (QED) is 0.482. The summed E-state index contributed by atoms with van der Waals surface area (Å²) in [6.07, 6.45) is 5.37. The Morgan fingerprint density at radius 1 is 1.30 bits per heavy atom. The maximum absolute atomic E-state index is 13.5. The van der Waals surface area contributed by atoms with Crippen LogP contribution in [0.5, 0.6) is 5.88 Å². The fourth-order valence-electron chi connectivity index (χ4n) is 5.46. The maximum atomic E-state index is 13.5. The van der Waals surface area contributed by atoms with Gasteiger partial charge < -0.3 is 19.7 Å². The van der Waals surface area contributed by atoms with Crippen molar-refractivity contribution in [2.24, 2.45) is 25.9 Å². The zero-order chi connectivity index (χ0) is 26.5. The molecule has 3 atom stereocenters. The van der Waals surface area contributed by atoms with Gasteiger partial charge in [-0.1, -0.05) is 17.7 Å². The highest BCUT2D eigenvalue weighted by Crippen LogP contribution is 2.53. The molecule has 2 N–H and O–H groups in total. The summed E-state index contributed by atoms with van der Waals surface area (Å²) in [5.74, 6) is -0.464. The molecule has 1 aromatic carbocycles. The fraction of sp³-hybridized carbons (Fsp3) is 0.385. The number of aliphatic hydroxyl groups is 1. The number of amides is 1. The standard InChI is InChI=1S/C26H27ClFN5O4/c1-14(34)12-37-22-9-21(33(3)31-22)26(36)10-16-6-15(7-17(16)11-26)23-24(32(2)13-29-23)25(35)30-18-4-5-20(28)19(27)8-18/h4-6,8-9,13,16-17,36H,7,10-12H2,1-3H3,(H,30,35)/t16-,17+,26+/m0/s1. The molecule has 9 nitrogen and oxygen atoms in total. The Morgan fingerprint density at radius 2 is 2.08 bits per heavy atom. The van der Waals surface area contributed by atoms with Crippen LogP contribution in [0.2, 0.25) is 5.02 Å². The van der Waals surface area contributed by atoms with Crippen LogP contribution < -0.4 is 10.1 Å². The van der Waals surface area contributed by atoms with E-state index in [1.807, 2.05) is 0 Å². The number of ketones is 1. The number of carbonyl (C=O) groups excluding carboxylic acids is 2. The van der Waals surface area contributed by atoms with Crippen LogP contribution in [0.1, 0.15) is 48.1 Å². The summed E-state index contributed by atoms with van der Waals surface area (Å²) >= 11 is 5.85. The minimum atomic E-state index is -1.08. The second kappa shape index (κ2) is 9.42. The number of nitrogens with zero attached hydrogens (tertiary/aromatic N) is 4. The number of anilines is 1. The average molecular weight is 528 g/mol. The molecule has 5 rings (SSSR count). The van der Waals surface area contributed by atoms with E-state index in [4.69, 9.17) is 16.3 Å². The van der Waals surface area contributed by atoms with Crippen LogP contribution in [-0.2, 0) is 24.5 Å². The van der Waals surface area contributed by atoms with E-state index in [0.717, 1.165) is 5.57 Å². The number of benzene rings is 1. The Bertz CT molecular complexity index is 1430. The number of fused-ring (bicyclic) bond motifs is 1. The third kappa shape index (κ3) is 4.78. The predicted molar refractivity (Wildman–Crippen MR) is 135 cm³/mol. The number of aromatic nitrogens is 4. The van der Waals surface area contributed by atoms with Crippen molar-refractivity contribution in [3.05, 3.63) is 64.6 Å². The molecule has 1 saturated carbocycles. The molecule has 0 spiro atoms. The molecule has 11 heteroatoms. The number of Topliss-reactive ketones (excluding diaryl/α,β-unsaturated/α-hetero) is 1. The molecule has 2 aliphatic rings. The van der Waals surface area contributed by atoms with E-state index in [1.165, 1.54) is 25.1 Å². The lowest BCUT2D eigenvalue weighted by atomic mass is 9.93. The van der Waals surface area contributed by atoms with Gasteiger partial charge in [-0.2, -0.15) is 0 Å². The first-order valence-electron chi connectivity index (χ1n) is 11.9. The third-order valence-corrected chi connectivity index (χ3v) is 7.36. The molecule has 0 aliphatic heterocycles. The monoisotopic (exact) mass is 527 g/mol. The van der Waals surface area contributed by atoms with Crippen LogP contribution in [0.4, 0.5) is 10.1 Å². The number of hydrogen-bond donors (Lipinski definition) is 2. The maximum Gasteiger partial charge on any atom is 0.274 e. The number of nitrogens with one attached hydrogen (secondary N) is 1. The zero-order valence-electron chi connectivity index (χ0n) is 20.7. The smallest absolute Gasteiger partial charge is 0.274 e. The number of halogens is 2. The van der Waals surface area contributed by atoms with E-state index in [9.17, 15) is 19.1 Å². The summed E-state index contributed by atoms with van der Waals surface area (Å²) in [6.45, 7) is 1.37. The van der Waals surface area contributed by atoms with Gasteiger partial charge in [0.15, 0.2) is 5.78 Å². The Hall–Kier alpha value is -3.50.